The molecule has 2 nitrogen and oxygen atoms in total. The summed E-state index contributed by atoms with van der Waals surface area (Å²) in [6.45, 7) is 4.23. The van der Waals surface area contributed by atoms with E-state index in [0.717, 1.165) is 25.7 Å². The smallest absolute Gasteiger partial charge is 0.550 e. The van der Waals surface area contributed by atoms with Crippen LogP contribution in [0.3, 0.4) is 0 Å². The maximum absolute atomic E-state index is 10.1. The van der Waals surface area contributed by atoms with Crippen molar-refractivity contribution in [1.29, 1.82) is 0 Å². The van der Waals surface area contributed by atoms with E-state index in [4.69, 9.17) is 0 Å². The van der Waals surface area contributed by atoms with Crippen LogP contribution in [-0.4, -0.2) is 5.97 Å². The number of carbonyl (C=O) groups excluding carboxylic acids is 1. The van der Waals surface area contributed by atoms with Gasteiger partial charge in [0, 0.05) is 5.97 Å². The zero-order valence-corrected chi connectivity index (χ0v) is 10.4. The van der Waals surface area contributed by atoms with E-state index in [0.29, 0.717) is 5.92 Å². The van der Waals surface area contributed by atoms with Crippen LogP contribution in [0.25, 0.3) is 0 Å². The Kier molecular flexibility index (Phi) is 11.9. The summed E-state index contributed by atoms with van der Waals surface area (Å²) in [4.78, 5) is 10.1. The Bertz CT molecular complexity index is 115. The van der Waals surface area contributed by atoms with Crippen molar-refractivity contribution in [3.05, 3.63) is 0 Å². The van der Waals surface area contributed by atoms with Crippen LogP contribution < -0.4 is 34.7 Å². The summed E-state index contributed by atoms with van der Waals surface area (Å²) in [5.41, 5.74) is 0. The molecule has 0 spiro atoms. The minimum absolute atomic E-state index is 0. The third kappa shape index (κ3) is 8.57. The average molecular weight is 180 g/mol. The molecule has 0 rings (SSSR count). The van der Waals surface area contributed by atoms with E-state index in [1.807, 2.05) is 0 Å². The van der Waals surface area contributed by atoms with Crippen molar-refractivity contribution in [2.24, 2.45) is 5.92 Å². The second-order valence-corrected chi connectivity index (χ2v) is 2.97. The van der Waals surface area contributed by atoms with Gasteiger partial charge in [-0.1, -0.05) is 33.1 Å². The quantitative estimate of drug-likeness (QED) is 0.459. The normalized spacial score (nSPS) is 11.8. The molecule has 0 aliphatic heterocycles. The van der Waals surface area contributed by atoms with Crippen molar-refractivity contribution in [3.63, 3.8) is 0 Å². The van der Waals surface area contributed by atoms with Crippen LogP contribution in [0, 0.1) is 5.92 Å². The molecule has 0 heterocycles. The van der Waals surface area contributed by atoms with Crippen molar-refractivity contribution in [2.45, 2.75) is 46.0 Å². The Morgan fingerprint density at radius 2 is 1.92 bits per heavy atom. The van der Waals surface area contributed by atoms with E-state index in [1.54, 1.807) is 0 Å². The van der Waals surface area contributed by atoms with Crippen LogP contribution >= 0.6 is 0 Å². The molecule has 12 heavy (non-hydrogen) atoms. The van der Waals surface area contributed by atoms with E-state index in [1.165, 1.54) is 0 Å². The molecule has 66 valence electrons. The van der Waals surface area contributed by atoms with Gasteiger partial charge < -0.3 is 9.90 Å². The molecule has 1 unspecified atom stereocenters. The van der Waals surface area contributed by atoms with E-state index in [2.05, 4.69) is 13.8 Å². The molecule has 0 aromatic heterocycles. The molecule has 0 aliphatic rings. The van der Waals surface area contributed by atoms with Gasteiger partial charge in [-0.05, 0) is 18.8 Å². The van der Waals surface area contributed by atoms with Gasteiger partial charge in [-0.25, -0.2) is 0 Å². The van der Waals surface area contributed by atoms with E-state index < -0.39 is 5.97 Å². The monoisotopic (exact) mass is 180 g/mol. The van der Waals surface area contributed by atoms with Crippen LogP contribution in [0.5, 0.6) is 0 Å². The predicted molar refractivity (Wildman–Crippen MR) is 42.9 cm³/mol. The van der Waals surface area contributed by atoms with Crippen LogP contribution in [0.4, 0.5) is 0 Å². The Balaban J connectivity index is 0. The third-order valence-electron chi connectivity index (χ3n) is 2.03. The topological polar surface area (TPSA) is 40.1 Å². The van der Waals surface area contributed by atoms with Crippen molar-refractivity contribution in [3.8, 4) is 0 Å². The zero-order chi connectivity index (χ0) is 8.69. The van der Waals surface area contributed by atoms with Crippen molar-refractivity contribution >= 4 is 5.97 Å². The average Bonchev–Trinajstić information content (AvgIpc) is 1.97. The van der Waals surface area contributed by atoms with Crippen molar-refractivity contribution in [2.75, 3.05) is 0 Å². The Morgan fingerprint density at radius 1 is 1.33 bits per heavy atom. The van der Waals surface area contributed by atoms with Gasteiger partial charge in [-0.15, -0.1) is 0 Å². The fourth-order valence-electron chi connectivity index (χ4n) is 1.28. The molecule has 0 amide bonds. The number of rotatable bonds is 6. The second-order valence-electron chi connectivity index (χ2n) is 2.97. The maximum atomic E-state index is 10.1. The van der Waals surface area contributed by atoms with Crippen LogP contribution in [0.1, 0.15) is 46.0 Å². The summed E-state index contributed by atoms with van der Waals surface area (Å²) in [6, 6.07) is 0. The molecule has 3 heteroatoms. The van der Waals surface area contributed by atoms with E-state index in [-0.39, 0.29) is 36.0 Å². The van der Waals surface area contributed by atoms with E-state index in [9.17, 15) is 9.90 Å². The fourth-order valence-corrected chi connectivity index (χ4v) is 1.28. The van der Waals surface area contributed by atoms with Gasteiger partial charge in [-0.3, -0.25) is 0 Å². The first-order valence-corrected chi connectivity index (χ1v) is 4.40. The second kappa shape index (κ2) is 9.56. The number of hydrogen-bond donors (Lipinski definition) is 0. The molecule has 1 atom stereocenters. The Morgan fingerprint density at radius 3 is 2.25 bits per heavy atom. The molecule has 0 N–H and O–H groups in total. The van der Waals surface area contributed by atoms with E-state index >= 15 is 0 Å². The largest absolute Gasteiger partial charge is 1.00 e. The molecule has 0 saturated carbocycles. The van der Waals surface area contributed by atoms with Crippen LogP contribution in [0.15, 0.2) is 0 Å². The number of hydrogen-bond acceptors (Lipinski definition) is 2. The summed E-state index contributed by atoms with van der Waals surface area (Å²) >= 11 is 0. The molecule has 0 radical (unpaired) electrons. The number of carboxylic acids is 1. The summed E-state index contributed by atoms with van der Waals surface area (Å²) in [5, 5.41) is 10.1. The van der Waals surface area contributed by atoms with Gasteiger partial charge in [-0.2, -0.15) is 0 Å². The number of aliphatic carboxylic acids is 1. The van der Waals surface area contributed by atoms with Crippen LogP contribution in [0.2, 0.25) is 0 Å². The van der Waals surface area contributed by atoms with Crippen molar-refractivity contribution < 1.29 is 39.5 Å². The number of carbonyl (C=O) groups is 1. The summed E-state index contributed by atoms with van der Waals surface area (Å²) in [7, 11) is 0. The first-order chi connectivity index (χ1) is 5.20. The Labute approximate surface area is 97.0 Å². The first-order valence-electron chi connectivity index (χ1n) is 4.40. The molecular weight excluding hydrogens is 163 g/mol. The van der Waals surface area contributed by atoms with Crippen molar-refractivity contribution in [1.82, 2.24) is 0 Å². The van der Waals surface area contributed by atoms with Gasteiger partial charge >= 0.3 is 29.6 Å². The Hall–Kier alpha value is 0.470. The molecule has 0 fully saturated rings. The molecular formula is C9H17NaO2. The standard InChI is InChI=1S/C9H18O2.Na/c1-3-5-8(4-2)6-7-9(10)11;/h8H,3-7H2,1-2H3,(H,10,11);/q;+1/p-1. The zero-order valence-electron chi connectivity index (χ0n) is 8.43. The van der Waals surface area contributed by atoms with Gasteiger partial charge in [0.2, 0.25) is 0 Å². The van der Waals surface area contributed by atoms with Gasteiger partial charge in [0.25, 0.3) is 0 Å². The SMILES string of the molecule is CCCC(CC)CCC(=O)[O-].[Na+]. The molecule has 0 aliphatic carbocycles. The summed E-state index contributed by atoms with van der Waals surface area (Å²) in [5.74, 6) is -0.336. The maximum Gasteiger partial charge on any atom is 1.00 e. The molecule has 0 aromatic carbocycles. The predicted octanol–water partition coefficient (Wildman–Crippen LogP) is -1.65. The van der Waals surface area contributed by atoms with Crippen LogP contribution in [-0.2, 0) is 4.79 Å². The van der Waals surface area contributed by atoms with Gasteiger partial charge in [0.1, 0.15) is 0 Å². The first kappa shape index (κ1) is 15.0. The molecule has 0 saturated heterocycles. The summed E-state index contributed by atoms with van der Waals surface area (Å²) in [6.07, 6.45) is 4.38. The third-order valence-corrected chi connectivity index (χ3v) is 2.03. The minimum atomic E-state index is -0.917. The summed E-state index contributed by atoms with van der Waals surface area (Å²) < 4.78 is 0. The molecule has 0 bridgehead atoms. The minimum Gasteiger partial charge on any atom is -0.550 e. The van der Waals surface area contributed by atoms with Gasteiger partial charge in [0.05, 0.1) is 0 Å². The molecule has 0 aromatic rings. The van der Waals surface area contributed by atoms with Gasteiger partial charge in [0.15, 0.2) is 0 Å². The fraction of sp³-hybridized carbons (Fsp3) is 0.889. The number of carboxylic acid groups (broad SMARTS) is 1.